The van der Waals surface area contributed by atoms with Gasteiger partial charge in [0.25, 0.3) is 0 Å². The fourth-order valence-corrected chi connectivity index (χ4v) is 2.86. The van der Waals surface area contributed by atoms with Crippen LogP contribution in [0.1, 0.15) is 44.2 Å². The van der Waals surface area contributed by atoms with Crippen LogP contribution in [0.15, 0.2) is 42.7 Å². The van der Waals surface area contributed by atoms with Gasteiger partial charge in [0, 0.05) is 24.9 Å². The van der Waals surface area contributed by atoms with Gasteiger partial charge in [0.15, 0.2) is 0 Å². The van der Waals surface area contributed by atoms with Crippen LogP contribution in [-0.4, -0.2) is 14.7 Å². The summed E-state index contributed by atoms with van der Waals surface area (Å²) in [5.74, 6) is 0.729. The van der Waals surface area contributed by atoms with Crippen LogP contribution in [0.4, 0.5) is 0 Å². The van der Waals surface area contributed by atoms with Crippen molar-refractivity contribution in [2.24, 2.45) is 7.05 Å². The lowest BCUT2D eigenvalue weighted by molar-refractivity contribution is 0.0627. The van der Waals surface area contributed by atoms with Crippen molar-refractivity contribution < 1.29 is 5.11 Å². The summed E-state index contributed by atoms with van der Waals surface area (Å²) in [6, 6.07) is 10.3. The van der Waals surface area contributed by atoms with E-state index in [1.54, 1.807) is 6.20 Å². The van der Waals surface area contributed by atoms with E-state index in [0.29, 0.717) is 0 Å². The Morgan fingerprint density at radius 3 is 2.32 bits per heavy atom. The van der Waals surface area contributed by atoms with E-state index in [4.69, 9.17) is 0 Å². The van der Waals surface area contributed by atoms with Crippen molar-refractivity contribution in [3.05, 3.63) is 54.1 Å². The highest BCUT2D eigenvalue weighted by atomic mass is 16.3. The van der Waals surface area contributed by atoms with Gasteiger partial charge in [-0.1, -0.05) is 44.2 Å². The third-order valence-corrected chi connectivity index (χ3v) is 4.24. The summed E-state index contributed by atoms with van der Waals surface area (Å²) in [6.45, 7) is 4.26. The van der Waals surface area contributed by atoms with Crippen molar-refractivity contribution in [3.8, 4) is 0 Å². The van der Waals surface area contributed by atoms with Crippen molar-refractivity contribution >= 4 is 0 Å². The Kier molecular flexibility index (Phi) is 4.05. The Labute approximate surface area is 114 Å². The van der Waals surface area contributed by atoms with Crippen molar-refractivity contribution in [3.63, 3.8) is 0 Å². The van der Waals surface area contributed by atoms with Gasteiger partial charge in [0.2, 0.25) is 0 Å². The summed E-state index contributed by atoms with van der Waals surface area (Å²) in [7, 11) is 1.92. The molecule has 0 spiro atoms. The van der Waals surface area contributed by atoms with Crippen molar-refractivity contribution in [2.75, 3.05) is 0 Å². The van der Waals surface area contributed by atoms with Gasteiger partial charge >= 0.3 is 0 Å². The number of aryl methyl sites for hydroxylation is 1. The Balaban J connectivity index is 2.48. The molecule has 1 atom stereocenters. The number of aliphatic hydroxyl groups is 1. The quantitative estimate of drug-likeness (QED) is 0.894. The van der Waals surface area contributed by atoms with Gasteiger partial charge in [0.05, 0.1) is 0 Å². The van der Waals surface area contributed by atoms with Gasteiger partial charge in [-0.3, -0.25) is 0 Å². The molecule has 2 aromatic rings. The van der Waals surface area contributed by atoms with E-state index in [2.05, 4.69) is 31.0 Å². The zero-order valence-corrected chi connectivity index (χ0v) is 11.9. The first-order valence-electron chi connectivity index (χ1n) is 6.86. The molecule has 1 heterocycles. The highest BCUT2D eigenvalue weighted by Gasteiger charge is 2.39. The van der Waals surface area contributed by atoms with E-state index in [0.717, 1.165) is 18.7 Å². The molecule has 19 heavy (non-hydrogen) atoms. The van der Waals surface area contributed by atoms with Gasteiger partial charge in [-0.2, -0.15) is 0 Å². The second-order valence-electron chi connectivity index (χ2n) is 5.03. The number of hydrogen-bond donors (Lipinski definition) is 1. The maximum Gasteiger partial charge on any atom is 0.138 e. The molecule has 0 aliphatic carbocycles. The molecule has 0 bridgehead atoms. The Morgan fingerprint density at radius 2 is 1.84 bits per heavy atom. The average molecular weight is 258 g/mol. The lowest BCUT2D eigenvalue weighted by Gasteiger charge is -2.36. The van der Waals surface area contributed by atoms with E-state index in [1.807, 2.05) is 36.0 Å². The first-order valence-corrected chi connectivity index (χ1v) is 6.86. The SMILES string of the molecule is CCC(CC)(c1ccccc1)C(O)c1nccn1C. The second kappa shape index (κ2) is 5.57. The van der Waals surface area contributed by atoms with E-state index >= 15 is 0 Å². The maximum absolute atomic E-state index is 10.9. The zero-order chi connectivity index (χ0) is 13.9. The van der Waals surface area contributed by atoms with Crippen LogP contribution in [0, 0.1) is 0 Å². The van der Waals surface area contributed by atoms with Crippen molar-refractivity contribution in [1.29, 1.82) is 0 Å². The molecule has 1 unspecified atom stereocenters. The number of aromatic nitrogens is 2. The summed E-state index contributed by atoms with van der Waals surface area (Å²) >= 11 is 0. The standard InChI is InChI=1S/C16H22N2O/c1-4-16(5-2,13-9-7-6-8-10-13)14(19)15-17-11-12-18(15)3/h6-12,14,19H,4-5H2,1-3H3. The van der Waals surface area contributed by atoms with Crippen LogP contribution in [0.25, 0.3) is 0 Å². The number of imidazole rings is 1. The summed E-state index contributed by atoms with van der Waals surface area (Å²) in [4.78, 5) is 4.32. The minimum absolute atomic E-state index is 0.277. The van der Waals surface area contributed by atoms with Crippen LogP contribution in [0.5, 0.6) is 0 Å². The molecule has 0 saturated heterocycles. The second-order valence-corrected chi connectivity index (χ2v) is 5.03. The maximum atomic E-state index is 10.9. The van der Waals surface area contributed by atoms with Crippen molar-refractivity contribution in [1.82, 2.24) is 9.55 Å². The number of benzene rings is 1. The van der Waals surface area contributed by atoms with Gasteiger partial charge in [0.1, 0.15) is 11.9 Å². The van der Waals surface area contributed by atoms with E-state index < -0.39 is 6.10 Å². The lowest BCUT2D eigenvalue weighted by Crippen LogP contribution is -2.34. The van der Waals surface area contributed by atoms with Crippen LogP contribution in [-0.2, 0) is 12.5 Å². The summed E-state index contributed by atoms with van der Waals surface area (Å²) in [5, 5.41) is 10.9. The molecule has 102 valence electrons. The molecule has 0 radical (unpaired) electrons. The number of hydrogen-bond acceptors (Lipinski definition) is 2. The van der Waals surface area contributed by atoms with Crippen LogP contribution < -0.4 is 0 Å². The van der Waals surface area contributed by atoms with E-state index in [-0.39, 0.29) is 5.41 Å². The number of nitrogens with zero attached hydrogens (tertiary/aromatic N) is 2. The summed E-state index contributed by atoms with van der Waals surface area (Å²) < 4.78 is 1.90. The molecule has 0 fully saturated rings. The largest absolute Gasteiger partial charge is 0.384 e. The van der Waals surface area contributed by atoms with Crippen LogP contribution >= 0.6 is 0 Å². The third-order valence-electron chi connectivity index (χ3n) is 4.24. The molecule has 0 aliphatic heterocycles. The Hall–Kier alpha value is -1.61. The smallest absolute Gasteiger partial charge is 0.138 e. The monoisotopic (exact) mass is 258 g/mol. The Morgan fingerprint density at radius 1 is 1.21 bits per heavy atom. The normalized spacial score (nSPS) is 13.5. The van der Waals surface area contributed by atoms with E-state index in [1.165, 1.54) is 5.56 Å². The third kappa shape index (κ3) is 2.30. The first kappa shape index (κ1) is 13.8. The predicted molar refractivity (Wildman–Crippen MR) is 76.9 cm³/mol. The predicted octanol–water partition coefficient (Wildman–Crippen LogP) is 3.21. The molecule has 1 N–H and O–H groups in total. The molecule has 3 nitrogen and oxygen atoms in total. The number of rotatable bonds is 5. The molecule has 0 amide bonds. The molecule has 0 saturated carbocycles. The molecular formula is C16H22N2O. The minimum Gasteiger partial charge on any atom is -0.384 e. The average Bonchev–Trinajstić information content (AvgIpc) is 2.88. The van der Waals surface area contributed by atoms with Gasteiger partial charge in [-0.15, -0.1) is 0 Å². The molecular weight excluding hydrogens is 236 g/mol. The fraction of sp³-hybridized carbons (Fsp3) is 0.438. The zero-order valence-electron chi connectivity index (χ0n) is 11.9. The topological polar surface area (TPSA) is 38.1 Å². The van der Waals surface area contributed by atoms with Crippen LogP contribution in [0.3, 0.4) is 0 Å². The summed E-state index contributed by atoms with van der Waals surface area (Å²) in [6.07, 6.45) is 4.77. The highest BCUT2D eigenvalue weighted by molar-refractivity contribution is 5.28. The van der Waals surface area contributed by atoms with E-state index in [9.17, 15) is 5.11 Å². The molecule has 0 aliphatic rings. The van der Waals surface area contributed by atoms with Gasteiger partial charge in [-0.05, 0) is 18.4 Å². The van der Waals surface area contributed by atoms with Gasteiger partial charge in [-0.25, -0.2) is 4.98 Å². The number of aliphatic hydroxyl groups excluding tert-OH is 1. The van der Waals surface area contributed by atoms with Crippen molar-refractivity contribution in [2.45, 2.75) is 38.2 Å². The highest BCUT2D eigenvalue weighted by Crippen LogP contribution is 2.42. The molecule has 1 aromatic heterocycles. The van der Waals surface area contributed by atoms with Crippen LogP contribution in [0.2, 0.25) is 0 Å². The summed E-state index contributed by atoms with van der Waals surface area (Å²) in [5.41, 5.74) is 0.899. The van der Waals surface area contributed by atoms with Gasteiger partial charge < -0.3 is 9.67 Å². The molecule has 2 rings (SSSR count). The fourth-order valence-electron chi connectivity index (χ4n) is 2.86. The molecule has 1 aromatic carbocycles. The first-order chi connectivity index (χ1) is 9.15. The molecule has 3 heteroatoms. The Bertz CT molecular complexity index is 515. The lowest BCUT2D eigenvalue weighted by atomic mass is 9.71. The minimum atomic E-state index is -0.593.